The summed E-state index contributed by atoms with van der Waals surface area (Å²) < 4.78 is 0. The second kappa shape index (κ2) is 5.76. The fourth-order valence-electron chi connectivity index (χ4n) is 1.82. The molecule has 2 amide bonds. The molecule has 1 fully saturated rings. The van der Waals surface area contributed by atoms with E-state index in [2.05, 4.69) is 5.32 Å². The van der Waals surface area contributed by atoms with E-state index in [1.54, 1.807) is 40.9 Å². The second-order valence-electron chi connectivity index (χ2n) is 4.18. The van der Waals surface area contributed by atoms with Crippen LogP contribution in [-0.2, 0) is 9.59 Å². The summed E-state index contributed by atoms with van der Waals surface area (Å²) in [6, 6.07) is 8.23. The number of benzene rings is 1. The zero-order valence-corrected chi connectivity index (χ0v) is 11.2. The maximum Gasteiger partial charge on any atom is 0.248 e. The van der Waals surface area contributed by atoms with Crippen LogP contribution < -0.4 is 5.32 Å². The molecule has 2 rings (SSSR count). The molecule has 19 heavy (non-hydrogen) atoms. The molecule has 6 heteroatoms. The van der Waals surface area contributed by atoms with E-state index in [0.717, 1.165) is 0 Å². The first-order valence-corrected chi connectivity index (χ1v) is 6.93. The van der Waals surface area contributed by atoms with Gasteiger partial charge in [0.1, 0.15) is 6.04 Å². The van der Waals surface area contributed by atoms with Crippen molar-refractivity contribution < 1.29 is 9.59 Å². The van der Waals surface area contributed by atoms with Gasteiger partial charge in [-0.15, -0.1) is 11.8 Å². The van der Waals surface area contributed by atoms with Crippen molar-refractivity contribution in [3.05, 3.63) is 29.8 Å². The van der Waals surface area contributed by atoms with Gasteiger partial charge in [0.25, 0.3) is 0 Å². The first-order valence-electron chi connectivity index (χ1n) is 5.78. The summed E-state index contributed by atoms with van der Waals surface area (Å²) in [6.45, 7) is 1.47. The van der Waals surface area contributed by atoms with Crippen molar-refractivity contribution in [2.24, 2.45) is 0 Å². The molecule has 5 nitrogen and oxygen atoms in total. The van der Waals surface area contributed by atoms with Crippen molar-refractivity contribution in [1.29, 1.82) is 5.26 Å². The van der Waals surface area contributed by atoms with Crippen molar-refractivity contribution in [3.8, 4) is 6.07 Å². The number of nitrogens with one attached hydrogen (secondary N) is 1. The van der Waals surface area contributed by atoms with E-state index in [0.29, 0.717) is 22.9 Å². The van der Waals surface area contributed by atoms with Crippen LogP contribution >= 0.6 is 11.8 Å². The van der Waals surface area contributed by atoms with Gasteiger partial charge in [0.15, 0.2) is 0 Å². The second-order valence-corrected chi connectivity index (χ2v) is 5.18. The van der Waals surface area contributed by atoms with Crippen molar-refractivity contribution in [1.82, 2.24) is 4.90 Å². The highest BCUT2D eigenvalue weighted by Gasteiger charge is 2.32. The smallest absolute Gasteiger partial charge is 0.248 e. The van der Waals surface area contributed by atoms with E-state index >= 15 is 0 Å². The molecule has 1 heterocycles. The highest BCUT2D eigenvalue weighted by Crippen LogP contribution is 2.22. The van der Waals surface area contributed by atoms with Gasteiger partial charge in [0.2, 0.25) is 11.8 Å². The average molecular weight is 275 g/mol. The van der Waals surface area contributed by atoms with E-state index in [4.69, 9.17) is 5.26 Å². The van der Waals surface area contributed by atoms with E-state index in [9.17, 15) is 9.59 Å². The minimum Gasteiger partial charge on any atom is -0.324 e. The van der Waals surface area contributed by atoms with Crippen LogP contribution in [-0.4, -0.2) is 34.4 Å². The lowest BCUT2D eigenvalue weighted by molar-refractivity contribution is -0.134. The monoisotopic (exact) mass is 275 g/mol. The Morgan fingerprint density at radius 2 is 2.11 bits per heavy atom. The fraction of sp³-hybridized carbons (Fsp3) is 0.308. The standard InChI is InChI=1S/C13H13N3O2S/c1-9(17)16-8-19-7-12(16)13(18)15-11-4-2-10(6-14)3-5-11/h2-5,12H,7-8H2,1H3,(H,15,18). The Hall–Kier alpha value is -2.00. The topological polar surface area (TPSA) is 73.2 Å². The van der Waals surface area contributed by atoms with Crippen LogP contribution in [0.2, 0.25) is 0 Å². The first-order chi connectivity index (χ1) is 9.11. The number of amides is 2. The third kappa shape index (κ3) is 3.06. The molecule has 0 radical (unpaired) electrons. The summed E-state index contributed by atoms with van der Waals surface area (Å²) in [5.74, 6) is 0.887. The van der Waals surface area contributed by atoms with Gasteiger partial charge in [0, 0.05) is 18.4 Å². The zero-order valence-electron chi connectivity index (χ0n) is 10.4. The predicted molar refractivity (Wildman–Crippen MR) is 73.4 cm³/mol. The lowest BCUT2D eigenvalue weighted by Gasteiger charge is -2.21. The predicted octanol–water partition coefficient (Wildman–Crippen LogP) is 1.42. The van der Waals surface area contributed by atoms with Crippen LogP contribution in [0, 0.1) is 11.3 Å². The van der Waals surface area contributed by atoms with Gasteiger partial charge in [-0.2, -0.15) is 5.26 Å². The molecule has 98 valence electrons. The third-order valence-electron chi connectivity index (χ3n) is 2.87. The fourth-order valence-corrected chi connectivity index (χ4v) is 3.04. The molecule has 0 aliphatic carbocycles. The molecule has 1 aliphatic rings. The summed E-state index contributed by atoms with van der Waals surface area (Å²) >= 11 is 1.56. The van der Waals surface area contributed by atoms with Crippen LogP contribution in [0.4, 0.5) is 5.69 Å². The Morgan fingerprint density at radius 1 is 1.42 bits per heavy atom. The molecule has 1 unspecified atom stereocenters. The lowest BCUT2D eigenvalue weighted by atomic mass is 10.2. The number of nitrogens with zero attached hydrogens (tertiary/aromatic N) is 2. The summed E-state index contributed by atoms with van der Waals surface area (Å²) in [7, 11) is 0. The SMILES string of the molecule is CC(=O)N1CSCC1C(=O)Nc1ccc(C#N)cc1. The molecule has 1 aromatic rings. The number of rotatable bonds is 2. The van der Waals surface area contributed by atoms with Crippen molar-refractivity contribution >= 4 is 29.3 Å². The van der Waals surface area contributed by atoms with Crippen LogP contribution in [0.25, 0.3) is 0 Å². The van der Waals surface area contributed by atoms with Gasteiger partial charge in [-0.25, -0.2) is 0 Å². The molecule has 1 saturated heterocycles. The van der Waals surface area contributed by atoms with Gasteiger partial charge in [-0.05, 0) is 24.3 Å². The van der Waals surface area contributed by atoms with Gasteiger partial charge >= 0.3 is 0 Å². The number of carbonyl (C=O) groups is 2. The molecule has 0 aromatic heterocycles. The minimum atomic E-state index is -0.418. The molecule has 1 atom stereocenters. The maximum absolute atomic E-state index is 12.1. The van der Waals surface area contributed by atoms with Gasteiger partial charge < -0.3 is 10.2 Å². The Balaban J connectivity index is 2.04. The van der Waals surface area contributed by atoms with Crippen molar-refractivity contribution in [2.75, 3.05) is 16.9 Å². The summed E-state index contributed by atoms with van der Waals surface area (Å²) in [5.41, 5.74) is 1.17. The average Bonchev–Trinajstić information content (AvgIpc) is 2.89. The molecule has 0 bridgehead atoms. The number of nitriles is 1. The van der Waals surface area contributed by atoms with Crippen LogP contribution in [0.5, 0.6) is 0 Å². The number of carbonyl (C=O) groups excluding carboxylic acids is 2. The lowest BCUT2D eigenvalue weighted by Crippen LogP contribution is -2.43. The van der Waals surface area contributed by atoms with Gasteiger partial charge in [-0.1, -0.05) is 0 Å². The Kier molecular flexibility index (Phi) is 4.07. The minimum absolute atomic E-state index is 0.0926. The summed E-state index contributed by atoms with van der Waals surface area (Å²) in [5, 5.41) is 11.5. The van der Waals surface area contributed by atoms with E-state index in [-0.39, 0.29) is 11.8 Å². The highest BCUT2D eigenvalue weighted by molar-refractivity contribution is 7.99. The number of thioether (sulfide) groups is 1. The molecular formula is C13H13N3O2S. The Bertz CT molecular complexity index is 536. The van der Waals surface area contributed by atoms with Crippen LogP contribution in [0.3, 0.4) is 0 Å². The zero-order chi connectivity index (χ0) is 13.8. The van der Waals surface area contributed by atoms with Gasteiger partial charge in [0.05, 0.1) is 17.5 Å². The van der Waals surface area contributed by atoms with E-state index in [1.165, 1.54) is 6.92 Å². The Labute approximate surface area is 115 Å². The largest absolute Gasteiger partial charge is 0.324 e. The highest BCUT2D eigenvalue weighted by atomic mass is 32.2. The summed E-state index contributed by atoms with van der Waals surface area (Å²) in [4.78, 5) is 25.1. The summed E-state index contributed by atoms with van der Waals surface area (Å²) in [6.07, 6.45) is 0. The van der Waals surface area contributed by atoms with E-state index < -0.39 is 6.04 Å². The van der Waals surface area contributed by atoms with Crippen LogP contribution in [0.15, 0.2) is 24.3 Å². The molecular weight excluding hydrogens is 262 g/mol. The third-order valence-corrected chi connectivity index (χ3v) is 3.88. The molecule has 1 aromatic carbocycles. The first kappa shape index (κ1) is 13.4. The molecule has 0 saturated carbocycles. The molecule has 1 N–H and O–H groups in total. The number of anilines is 1. The maximum atomic E-state index is 12.1. The van der Waals surface area contributed by atoms with Crippen LogP contribution in [0.1, 0.15) is 12.5 Å². The normalized spacial score (nSPS) is 17.9. The van der Waals surface area contributed by atoms with Crippen molar-refractivity contribution in [2.45, 2.75) is 13.0 Å². The van der Waals surface area contributed by atoms with E-state index in [1.807, 2.05) is 6.07 Å². The van der Waals surface area contributed by atoms with Crippen molar-refractivity contribution in [3.63, 3.8) is 0 Å². The number of hydrogen-bond acceptors (Lipinski definition) is 4. The molecule has 1 aliphatic heterocycles. The molecule has 0 spiro atoms. The number of hydrogen-bond donors (Lipinski definition) is 1. The van der Waals surface area contributed by atoms with Gasteiger partial charge in [-0.3, -0.25) is 9.59 Å². The Morgan fingerprint density at radius 3 is 2.68 bits per heavy atom. The quantitative estimate of drug-likeness (QED) is 0.886.